The van der Waals surface area contributed by atoms with Crippen molar-refractivity contribution in [1.29, 1.82) is 0 Å². The number of rotatable bonds is 6. The summed E-state index contributed by atoms with van der Waals surface area (Å²) in [7, 11) is 2.89. The van der Waals surface area contributed by atoms with Crippen molar-refractivity contribution in [3.05, 3.63) is 89.5 Å². The zero-order chi connectivity index (χ0) is 21.1. The molecular formula is C24H21N2O4-. The van der Waals surface area contributed by atoms with Crippen LogP contribution in [-0.2, 0) is 0 Å². The average molecular weight is 401 g/mol. The molecule has 3 aromatic rings. The minimum absolute atomic E-state index is 0.0210. The molecule has 0 radical (unpaired) electrons. The molecule has 0 aromatic heterocycles. The third kappa shape index (κ3) is 3.48. The van der Waals surface area contributed by atoms with Crippen LogP contribution in [-0.4, -0.2) is 25.9 Å². The maximum absolute atomic E-state index is 12.1. The van der Waals surface area contributed by atoms with Crippen LogP contribution < -0.4 is 19.6 Å². The largest absolute Gasteiger partial charge is 0.545 e. The number of carbonyl (C=O) groups is 1. The molecule has 0 amide bonds. The zero-order valence-corrected chi connectivity index (χ0v) is 16.7. The van der Waals surface area contributed by atoms with Gasteiger partial charge in [-0.15, -0.1) is 0 Å². The lowest BCUT2D eigenvalue weighted by Crippen LogP contribution is -2.28. The number of benzene rings is 3. The molecule has 152 valence electrons. The van der Waals surface area contributed by atoms with Crippen molar-refractivity contribution in [1.82, 2.24) is 0 Å². The number of carbonyl (C=O) groups excluding carboxylic acids is 1. The molecule has 0 saturated heterocycles. The smallest absolute Gasteiger partial charge is 0.170 e. The number of para-hydroxylation sites is 1. The van der Waals surface area contributed by atoms with Crippen LogP contribution in [0.5, 0.6) is 11.5 Å². The van der Waals surface area contributed by atoms with Crippen LogP contribution in [0.1, 0.15) is 33.9 Å². The van der Waals surface area contributed by atoms with Gasteiger partial charge >= 0.3 is 0 Å². The molecular weight excluding hydrogens is 380 g/mol. The highest BCUT2D eigenvalue weighted by molar-refractivity contribution is 6.04. The number of ether oxygens (including phenoxy) is 2. The van der Waals surface area contributed by atoms with Crippen molar-refractivity contribution < 1.29 is 19.4 Å². The fourth-order valence-electron chi connectivity index (χ4n) is 3.81. The number of anilines is 1. The number of carboxylic acids is 1. The first-order valence-corrected chi connectivity index (χ1v) is 9.57. The summed E-state index contributed by atoms with van der Waals surface area (Å²) in [5, 5.41) is 18.8. The Morgan fingerprint density at radius 2 is 1.63 bits per heavy atom. The Morgan fingerprint density at radius 1 is 0.967 bits per heavy atom. The highest BCUT2D eigenvalue weighted by atomic mass is 16.5. The SMILES string of the molecule is COc1ccc([C@H]2CC(c3ccccc3)=NN2c2ccccc2)c(C(=O)[O-])c1OC. The molecule has 0 fully saturated rings. The summed E-state index contributed by atoms with van der Waals surface area (Å²) in [6.45, 7) is 0. The molecule has 4 rings (SSSR count). The second-order valence-electron chi connectivity index (χ2n) is 6.87. The molecule has 1 heterocycles. The zero-order valence-electron chi connectivity index (χ0n) is 16.7. The lowest BCUT2D eigenvalue weighted by atomic mass is 9.93. The van der Waals surface area contributed by atoms with Gasteiger partial charge in [-0.2, -0.15) is 5.10 Å². The van der Waals surface area contributed by atoms with E-state index in [4.69, 9.17) is 14.6 Å². The van der Waals surface area contributed by atoms with Gasteiger partial charge < -0.3 is 19.4 Å². The van der Waals surface area contributed by atoms with Crippen LogP contribution >= 0.6 is 0 Å². The van der Waals surface area contributed by atoms with Crippen molar-refractivity contribution in [3.8, 4) is 11.5 Å². The minimum atomic E-state index is -1.32. The third-order valence-electron chi connectivity index (χ3n) is 5.18. The number of hydrogen-bond donors (Lipinski definition) is 0. The van der Waals surface area contributed by atoms with Crippen molar-refractivity contribution in [2.75, 3.05) is 19.2 Å². The topological polar surface area (TPSA) is 74.2 Å². The molecule has 6 heteroatoms. The van der Waals surface area contributed by atoms with Gasteiger partial charge in [-0.05, 0) is 29.3 Å². The second-order valence-corrected chi connectivity index (χ2v) is 6.87. The Bertz CT molecular complexity index is 1080. The van der Waals surface area contributed by atoms with E-state index >= 15 is 0 Å². The van der Waals surface area contributed by atoms with Gasteiger partial charge in [0.1, 0.15) is 0 Å². The monoisotopic (exact) mass is 401 g/mol. The molecule has 6 nitrogen and oxygen atoms in total. The van der Waals surface area contributed by atoms with Gasteiger partial charge in [-0.1, -0.05) is 54.6 Å². The van der Waals surface area contributed by atoms with E-state index in [-0.39, 0.29) is 17.4 Å². The Balaban J connectivity index is 1.86. The molecule has 0 N–H and O–H groups in total. The maximum atomic E-state index is 12.1. The van der Waals surface area contributed by atoms with Gasteiger partial charge in [0.05, 0.1) is 37.6 Å². The standard InChI is InChI=1S/C24H22N2O4/c1-29-21-14-13-18(22(24(27)28)23(21)30-2)20-15-19(16-9-5-3-6-10-16)25-26(20)17-11-7-4-8-12-17/h3-14,20H,15H2,1-2H3,(H,27,28)/p-1/t20-/m1/s1. The molecule has 1 aliphatic rings. The predicted molar refractivity (Wildman–Crippen MR) is 113 cm³/mol. The summed E-state index contributed by atoms with van der Waals surface area (Å²) in [6, 6.07) is 22.7. The van der Waals surface area contributed by atoms with E-state index in [1.165, 1.54) is 14.2 Å². The first kappa shape index (κ1) is 19.5. The molecule has 30 heavy (non-hydrogen) atoms. The van der Waals surface area contributed by atoms with E-state index in [0.717, 1.165) is 17.0 Å². The molecule has 1 aliphatic heterocycles. The van der Waals surface area contributed by atoms with Crippen molar-refractivity contribution in [3.63, 3.8) is 0 Å². The summed E-state index contributed by atoms with van der Waals surface area (Å²) >= 11 is 0. The Kier molecular flexibility index (Phi) is 5.39. The maximum Gasteiger partial charge on any atom is 0.170 e. The lowest BCUT2D eigenvalue weighted by Gasteiger charge is -2.27. The molecule has 0 saturated carbocycles. The van der Waals surface area contributed by atoms with Gasteiger partial charge in [-0.25, -0.2) is 0 Å². The summed E-state index contributed by atoms with van der Waals surface area (Å²) in [5.41, 5.74) is 3.28. The Labute approximate surface area is 175 Å². The second kappa shape index (κ2) is 8.29. The molecule has 0 unspecified atom stereocenters. The molecule has 0 spiro atoms. The predicted octanol–water partition coefficient (Wildman–Crippen LogP) is 3.42. The van der Waals surface area contributed by atoms with Crippen LogP contribution in [0.25, 0.3) is 0 Å². The number of hydrazone groups is 1. The van der Waals surface area contributed by atoms with Crippen LogP contribution in [0.3, 0.4) is 0 Å². The third-order valence-corrected chi connectivity index (χ3v) is 5.18. The summed E-state index contributed by atoms with van der Waals surface area (Å²) in [4.78, 5) is 12.1. The summed E-state index contributed by atoms with van der Waals surface area (Å²) < 4.78 is 10.7. The Morgan fingerprint density at radius 3 is 2.23 bits per heavy atom. The number of aromatic carboxylic acids is 1. The van der Waals surface area contributed by atoms with Gasteiger partial charge in [0, 0.05) is 12.0 Å². The first-order valence-electron chi connectivity index (χ1n) is 9.57. The molecule has 1 atom stereocenters. The molecule has 0 bridgehead atoms. The Hall–Kier alpha value is -3.80. The van der Waals surface area contributed by atoms with E-state index in [9.17, 15) is 9.90 Å². The number of carboxylic acid groups (broad SMARTS) is 1. The number of methoxy groups -OCH3 is 2. The first-order chi connectivity index (χ1) is 14.6. The van der Waals surface area contributed by atoms with E-state index in [1.54, 1.807) is 12.1 Å². The normalized spacial score (nSPS) is 15.6. The highest BCUT2D eigenvalue weighted by Gasteiger charge is 2.33. The molecule has 0 aliphatic carbocycles. The number of nitrogens with zero attached hydrogens (tertiary/aromatic N) is 2. The van der Waals surface area contributed by atoms with Crippen molar-refractivity contribution in [2.45, 2.75) is 12.5 Å². The summed E-state index contributed by atoms with van der Waals surface area (Å²) in [5.74, 6) is -0.827. The minimum Gasteiger partial charge on any atom is -0.545 e. The van der Waals surface area contributed by atoms with Gasteiger partial charge in [0.2, 0.25) is 0 Å². The summed E-state index contributed by atoms with van der Waals surface area (Å²) in [6.07, 6.45) is 0.536. The van der Waals surface area contributed by atoms with Crippen molar-refractivity contribution in [2.24, 2.45) is 5.10 Å². The van der Waals surface area contributed by atoms with Crippen LogP contribution in [0.2, 0.25) is 0 Å². The lowest BCUT2D eigenvalue weighted by molar-refractivity contribution is -0.255. The van der Waals surface area contributed by atoms with Crippen LogP contribution in [0.4, 0.5) is 5.69 Å². The van der Waals surface area contributed by atoms with Gasteiger partial charge in [0.15, 0.2) is 11.5 Å². The van der Waals surface area contributed by atoms with E-state index in [1.807, 2.05) is 65.7 Å². The van der Waals surface area contributed by atoms with Crippen molar-refractivity contribution >= 4 is 17.4 Å². The van der Waals surface area contributed by atoms with Crippen LogP contribution in [0.15, 0.2) is 77.9 Å². The number of hydrogen-bond acceptors (Lipinski definition) is 6. The average Bonchev–Trinajstić information content (AvgIpc) is 3.24. The van der Waals surface area contributed by atoms with E-state index < -0.39 is 5.97 Å². The fourth-order valence-corrected chi connectivity index (χ4v) is 3.81. The van der Waals surface area contributed by atoms with E-state index in [0.29, 0.717) is 17.7 Å². The van der Waals surface area contributed by atoms with E-state index in [2.05, 4.69) is 0 Å². The highest BCUT2D eigenvalue weighted by Crippen LogP contribution is 2.42. The quantitative estimate of drug-likeness (QED) is 0.633. The molecule has 3 aromatic carbocycles. The van der Waals surface area contributed by atoms with Crippen LogP contribution in [0, 0.1) is 0 Å². The van der Waals surface area contributed by atoms with Gasteiger partial charge in [-0.3, -0.25) is 5.01 Å². The fraction of sp³-hybridized carbons (Fsp3) is 0.167. The van der Waals surface area contributed by atoms with Gasteiger partial charge in [0.25, 0.3) is 0 Å².